The molecule has 1 atom stereocenters. The summed E-state index contributed by atoms with van der Waals surface area (Å²) in [5.41, 5.74) is 1.96. The molecule has 2 nitrogen and oxygen atoms in total. The Hall–Kier alpha value is -0.860. The molecule has 2 N–H and O–H groups in total. The third-order valence-corrected chi connectivity index (χ3v) is 2.51. The first kappa shape index (κ1) is 8.73. The van der Waals surface area contributed by atoms with Gasteiger partial charge in [-0.3, -0.25) is 0 Å². The van der Waals surface area contributed by atoms with Crippen molar-refractivity contribution in [3.05, 3.63) is 35.4 Å². The lowest BCUT2D eigenvalue weighted by atomic mass is 9.95. The van der Waals surface area contributed by atoms with Crippen molar-refractivity contribution in [2.45, 2.75) is 25.5 Å². The third kappa shape index (κ3) is 1.90. The van der Waals surface area contributed by atoms with Gasteiger partial charge in [-0.1, -0.05) is 24.3 Å². The Labute approximate surface area is 78.6 Å². The molecule has 1 aliphatic heterocycles. The van der Waals surface area contributed by atoms with Crippen LogP contribution in [-0.2, 0) is 13.0 Å². The molecule has 0 aliphatic carbocycles. The molecule has 0 radical (unpaired) electrons. The lowest BCUT2D eigenvalue weighted by Crippen LogP contribution is -2.37. The molecule has 1 aliphatic rings. The van der Waals surface area contributed by atoms with E-state index in [-0.39, 0.29) is 0 Å². The van der Waals surface area contributed by atoms with E-state index in [4.69, 9.17) is 0 Å². The summed E-state index contributed by atoms with van der Waals surface area (Å²) in [6, 6.07) is 8.28. The molecule has 0 spiro atoms. The van der Waals surface area contributed by atoms with Gasteiger partial charge in [-0.15, -0.1) is 0 Å². The van der Waals surface area contributed by atoms with Gasteiger partial charge in [-0.25, -0.2) is 0 Å². The van der Waals surface area contributed by atoms with E-state index in [2.05, 4.69) is 17.4 Å². The fourth-order valence-corrected chi connectivity index (χ4v) is 1.84. The molecular formula is C11H15NO. The van der Waals surface area contributed by atoms with Crippen molar-refractivity contribution in [3.8, 4) is 0 Å². The Kier molecular flexibility index (Phi) is 2.10. The van der Waals surface area contributed by atoms with Crippen molar-refractivity contribution in [2.75, 3.05) is 6.54 Å². The highest BCUT2D eigenvalue weighted by atomic mass is 16.3. The van der Waals surface area contributed by atoms with Crippen LogP contribution in [0.1, 0.15) is 18.1 Å². The van der Waals surface area contributed by atoms with Crippen LogP contribution in [0.3, 0.4) is 0 Å². The first-order chi connectivity index (χ1) is 6.17. The number of fused-ring (bicyclic) bond motifs is 1. The summed E-state index contributed by atoms with van der Waals surface area (Å²) >= 11 is 0. The van der Waals surface area contributed by atoms with Gasteiger partial charge in [0.1, 0.15) is 0 Å². The molecule has 0 saturated carbocycles. The lowest BCUT2D eigenvalue weighted by Gasteiger charge is -2.20. The molecule has 0 amide bonds. The van der Waals surface area contributed by atoms with Gasteiger partial charge in [0.2, 0.25) is 0 Å². The van der Waals surface area contributed by atoms with Crippen LogP contribution in [0.4, 0.5) is 0 Å². The Morgan fingerprint density at radius 2 is 2.00 bits per heavy atom. The van der Waals surface area contributed by atoms with Crippen LogP contribution in [0.25, 0.3) is 0 Å². The second-order valence-electron chi connectivity index (χ2n) is 4.05. The molecule has 1 unspecified atom stereocenters. The van der Waals surface area contributed by atoms with Gasteiger partial charge in [-0.2, -0.15) is 0 Å². The van der Waals surface area contributed by atoms with Crippen molar-refractivity contribution in [1.29, 1.82) is 0 Å². The number of rotatable bonds is 0. The Bertz CT molecular complexity index is 307. The maximum atomic E-state index is 9.94. The standard InChI is InChI=1S/C11H15NO/c1-11(13)6-9-4-2-3-5-10(9)7-12-8-11/h2-5,12-13H,6-8H2,1H3. The number of hydrogen-bond donors (Lipinski definition) is 2. The average molecular weight is 177 g/mol. The fourth-order valence-electron chi connectivity index (χ4n) is 1.84. The van der Waals surface area contributed by atoms with Crippen molar-refractivity contribution in [1.82, 2.24) is 5.32 Å². The smallest absolute Gasteiger partial charge is 0.0783 e. The van der Waals surface area contributed by atoms with Crippen molar-refractivity contribution < 1.29 is 5.11 Å². The highest BCUT2D eigenvalue weighted by molar-refractivity contribution is 5.29. The minimum absolute atomic E-state index is 0.605. The molecule has 2 heteroatoms. The Morgan fingerprint density at radius 3 is 2.77 bits per heavy atom. The molecule has 1 aromatic rings. The minimum atomic E-state index is -0.605. The van der Waals surface area contributed by atoms with E-state index in [9.17, 15) is 5.11 Å². The molecule has 2 rings (SSSR count). The lowest BCUT2D eigenvalue weighted by molar-refractivity contribution is 0.0628. The van der Waals surface area contributed by atoms with Gasteiger partial charge in [0, 0.05) is 19.5 Å². The van der Waals surface area contributed by atoms with Crippen LogP contribution < -0.4 is 5.32 Å². The Morgan fingerprint density at radius 1 is 1.31 bits per heavy atom. The van der Waals surface area contributed by atoms with Gasteiger partial charge in [0.15, 0.2) is 0 Å². The molecule has 0 fully saturated rings. The SMILES string of the molecule is CC1(O)CNCc2ccccc2C1. The van der Waals surface area contributed by atoms with E-state index in [1.54, 1.807) is 0 Å². The van der Waals surface area contributed by atoms with Crippen LogP contribution in [0.15, 0.2) is 24.3 Å². The van der Waals surface area contributed by atoms with E-state index in [0.29, 0.717) is 6.54 Å². The number of benzene rings is 1. The van der Waals surface area contributed by atoms with Gasteiger partial charge < -0.3 is 10.4 Å². The summed E-state index contributed by atoms with van der Waals surface area (Å²) < 4.78 is 0. The average Bonchev–Trinajstić information content (AvgIpc) is 2.21. The zero-order valence-electron chi connectivity index (χ0n) is 7.88. The highest BCUT2D eigenvalue weighted by Crippen LogP contribution is 2.19. The molecule has 0 bridgehead atoms. The first-order valence-electron chi connectivity index (χ1n) is 4.67. The Balaban J connectivity index is 2.34. The number of hydrogen-bond acceptors (Lipinski definition) is 2. The molecular weight excluding hydrogens is 162 g/mol. The monoisotopic (exact) mass is 177 g/mol. The summed E-state index contributed by atoms with van der Waals surface area (Å²) in [4.78, 5) is 0. The molecule has 70 valence electrons. The summed E-state index contributed by atoms with van der Waals surface area (Å²) in [6.07, 6.45) is 0.746. The van der Waals surface area contributed by atoms with Crippen molar-refractivity contribution in [3.63, 3.8) is 0 Å². The number of nitrogens with one attached hydrogen (secondary N) is 1. The first-order valence-corrected chi connectivity index (χ1v) is 4.67. The van der Waals surface area contributed by atoms with E-state index in [1.807, 2.05) is 19.1 Å². The van der Waals surface area contributed by atoms with E-state index >= 15 is 0 Å². The van der Waals surface area contributed by atoms with E-state index in [1.165, 1.54) is 11.1 Å². The molecule has 0 aromatic heterocycles. The maximum Gasteiger partial charge on any atom is 0.0783 e. The second-order valence-corrected chi connectivity index (χ2v) is 4.05. The third-order valence-electron chi connectivity index (χ3n) is 2.51. The summed E-state index contributed by atoms with van der Waals surface area (Å²) in [6.45, 7) is 3.41. The quantitative estimate of drug-likeness (QED) is 0.621. The molecule has 0 saturated heterocycles. The minimum Gasteiger partial charge on any atom is -0.389 e. The van der Waals surface area contributed by atoms with Crippen LogP contribution in [0.2, 0.25) is 0 Å². The van der Waals surface area contributed by atoms with E-state index < -0.39 is 5.60 Å². The summed E-state index contributed by atoms with van der Waals surface area (Å²) in [5.74, 6) is 0. The van der Waals surface area contributed by atoms with Gasteiger partial charge >= 0.3 is 0 Å². The van der Waals surface area contributed by atoms with E-state index in [0.717, 1.165) is 13.0 Å². The molecule has 1 aromatic carbocycles. The number of β-amino-alcohol motifs (C(OH)–C–C–N with tert-alkyl or cyclic N) is 1. The van der Waals surface area contributed by atoms with Gasteiger partial charge in [0.25, 0.3) is 0 Å². The van der Waals surface area contributed by atoms with Gasteiger partial charge in [-0.05, 0) is 18.1 Å². The predicted molar refractivity (Wildman–Crippen MR) is 52.5 cm³/mol. The predicted octanol–water partition coefficient (Wildman–Crippen LogP) is 1.08. The van der Waals surface area contributed by atoms with Crippen LogP contribution in [-0.4, -0.2) is 17.3 Å². The fraction of sp³-hybridized carbons (Fsp3) is 0.455. The molecule has 13 heavy (non-hydrogen) atoms. The van der Waals surface area contributed by atoms with Crippen LogP contribution in [0.5, 0.6) is 0 Å². The van der Waals surface area contributed by atoms with Crippen molar-refractivity contribution in [2.24, 2.45) is 0 Å². The summed E-state index contributed by atoms with van der Waals surface area (Å²) in [7, 11) is 0. The molecule has 1 heterocycles. The largest absolute Gasteiger partial charge is 0.389 e. The van der Waals surface area contributed by atoms with Gasteiger partial charge in [0.05, 0.1) is 5.60 Å². The van der Waals surface area contributed by atoms with Crippen LogP contribution >= 0.6 is 0 Å². The maximum absolute atomic E-state index is 9.94. The zero-order valence-corrected chi connectivity index (χ0v) is 7.88. The highest BCUT2D eigenvalue weighted by Gasteiger charge is 2.24. The topological polar surface area (TPSA) is 32.3 Å². The summed E-state index contributed by atoms with van der Waals surface area (Å²) in [5, 5.41) is 13.2. The van der Waals surface area contributed by atoms with Crippen molar-refractivity contribution >= 4 is 0 Å². The zero-order chi connectivity index (χ0) is 9.31. The number of aliphatic hydroxyl groups is 1. The second kappa shape index (κ2) is 3.13. The van der Waals surface area contributed by atoms with Crippen LogP contribution in [0, 0.1) is 0 Å². The normalized spacial score (nSPS) is 27.8.